The summed E-state index contributed by atoms with van der Waals surface area (Å²) in [4.78, 5) is 27.9. The number of likely N-dealkylation sites (tertiary alicyclic amines) is 1. The van der Waals surface area contributed by atoms with E-state index in [-0.39, 0.29) is 25.2 Å². The quantitative estimate of drug-likeness (QED) is 0.855. The number of ether oxygens (including phenoxy) is 2. The van der Waals surface area contributed by atoms with Gasteiger partial charge in [0.05, 0.1) is 0 Å². The largest absolute Gasteiger partial charge is 0.454 e. The molecule has 124 valence electrons. The van der Waals surface area contributed by atoms with Crippen LogP contribution in [0.15, 0.2) is 18.2 Å². The molecule has 1 aromatic carbocycles. The summed E-state index contributed by atoms with van der Waals surface area (Å²) in [7, 11) is 0. The van der Waals surface area contributed by atoms with Gasteiger partial charge in [0.1, 0.15) is 6.54 Å². The minimum atomic E-state index is -0.165. The fraction of sp³-hybridized carbons (Fsp3) is 0.529. The van der Waals surface area contributed by atoms with Crippen molar-refractivity contribution in [1.82, 2.24) is 4.90 Å². The zero-order chi connectivity index (χ0) is 16.4. The molecular formula is C17H22N2O4. The predicted octanol–water partition coefficient (Wildman–Crippen LogP) is 2.03. The monoisotopic (exact) mass is 318 g/mol. The zero-order valence-electron chi connectivity index (χ0n) is 13.6. The number of carbonyl (C=O) groups is 2. The van der Waals surface area contributed by atoms with Crippen LogP contribution in [0.4, 0.5) is 5.69 Å². The molecule has 0 aromatic heterocycles. The van der Waals surface area contributed by atoms with Crippen molar-refractivity contribution in [2.75, 3.05) is 31.3 Å². The summed E-state index contributed by atoms with van der Waals surface area (Å²) in [6, 6.07) is 5.29. The molecule has 0 saturated carbocycles. The summed E-state index contributed by atoms with van der Waals surface area (Å²) in [5.74, 6) is 1.61. The molecule has 6 nitrogen and oxygen atoms in total. The molecule has 0 spiro atoms. The Morgan fingerprint density at radius 1 is 1.30 bits per heavy atom. The predicted molar refractivity (Wildman–Crippen MR) is 85.6 cm³/mol. The van der Waals surface area contributed by atoms with Gasteiger partial charge in [-0.05, 0) is 30.9 Å². The maximum Gasteiger partial charge on any atom is 0.242 e. The van der Waals surface area contributed by atoms with E-state index in [0.717, 1.165) is 25.9 Å². The van der Waals surface area contributed by atoms with E-state index in [1.165, 1.54) is 11.8 Å². The molecule has 2 heterocycles. The molecule has 2 aliphatic rings. The highest BCUT2D eigenvalue weighted by Crippen LogP contribution is 2.35. The lowest BCUT2D eigenvalue weighted by Crippen LogP contribution is -2.46. The Balaban J connectivity index is 1.74. The van der Waals surface area contributed by atoms with E-state index in [0.29, 0.717) is 23.1 Å². The zero-order valence-corrected chi connectivity index (χ0v) is 13.6. The lowest BCUT2D eigenvalue weighted by molar-refractivity contribution is -0.132. The molecule has 0 N–H and O–H groups in total. The number of hydrogen-bond acceptors (Lipinski definition) is 4. The molecule has 0 bridgehead atoms. The summed E-state index contributed by atoms with van der Waals surface area (Å²) in [5.41, 5.74) is 0.653. The average Bonchev–Trinajstić information content (AvgIpc) is 2.99. The fourth-order valence-electron chi connectivity index (χ4n) is 3.09. The van der Waals surface area contributed by atoms with E-state index in [9.17, 15) is 9.59 Å². The second kappa shape index (κ2) is 6.48. The highest BCUT2D eigenvalue weighted by atomic mass is 16.7. The van der Waals surface area contributed by atoms with E-state index >= 15 is 0 Å². The fourth-order valence-corrected chi connectivity index (χ4v) is 3.09. The van der Waals surface area contributed by atoms with Crippen molar-refractivity contribution in [1.29, 1.82) is 0 Å². The van der Waals surface area contributed by atoms with Gasteiger partial charge in [-0.15, -0.1) is 0 Å². The van der Waals surface area contributed by atoms with Crippen LogP contribution in [0, 0.1) is 5.92 Å². The highest BCUT2D eigenvalue weighted by molar-refractivity contribution is 5.97. The molecule has 6 heteroatoms. The van der Waals surface area contributed by atoms with Gasteiger partial charge in [-0.2, -0.15) is 0 Å². The maximum atomic E-state index is 12.5. The third-order valence-electron chi connectivity index (χ3n) is 4.35. The molecule has 1 atom stereocenters. The van der Waals surface area contributed by atoms with Crippen molar-refractivity contribution < 1.29 is 19.1 Å². The standard InChI is InChI=1S/C17H22N2O4/c1-12-4-3-7-18(9-12)17(21)10-19(13(2)20)14-5-6-15-16(8-14)23-11-22-15/h5-6,8,12H,3-4,7,9-11H2,1-2H3. The first-order valence-electron chi connectivity index (χ1n) is 8.00. The van der Waals surface area contributed by atoms with Crippen molar-refractivity contribution in [2.45, 2.75) is 26.7 Å². The van der Waals surface area contributed by atoms with Crippen LogP contribution in [0.2, 0.25) is 0 Å². The smallest absolute Gasteiger partial charge is 0.242 e. The third kappa shape index (κ3) is 3.41. The summed E-state index contributed by atoms with van der Waals surface area (Å²) in [6.45, 7) is 5.41. The van der Waals surface area contributed by atoms with Crippen molar-refractivity contribution in [3.05, 3.63) is 18.2 Å². The van der Waals surface area contributed by atoms with Crippen LogP contribution in [0.3, 0.4) is 0 Å². The molecule has 2 aliphatic heterocycles. The van der Waals surface area contributed by atoms with E-state index in [4.69, 9.17) is 9.47 Å². The van der Waals surface area contributed by atoms with Gasteiger partial charge in [0.25, 0.3) is 0 Å². The number of hydrogen-bond donors (Lipinski definition) is 0. The van der Waals surface area contributed by atoms with Gasteiger partial charge in [0.2, 0.25) is 18.6 Å². The van der Waals surface area contributed by atoms with Gasteiger partial charge in [0.15, 0.2) is 11.5 Å². The van der Waals surface area contributed by atoms with Gasteiger partial charge in [0, 0.05) is 31.8 Å². The van der Waals surface area contributed by atoms with Crippen molar-refractivity contribution in [3.63, 3.8) is 0 Å². The summed E-state index contributed by atoms with van der Waals surface area (Å²) >= 11 is 0. The molecule has 0 aliphatic carbocycles. The Labute approximate surface area is 136 Å². The van der Waals surface area contributed by atoms with E-state index in [1.54, 1.807) is 18.2 Å². The molecule has 1 unspecified atom stereocenters. The molecule has 0 radical (unpaired) electrons. The number of benzene rings is 1. The molecule has 1 fully saturated rings. The number of anilines is 1. The van der Waals surface area contributed by atoms with Gasteiger partial charge in [-0.3, -0.25) is 9.59 Å². The molecule has 3 rings (SSSR count). The van der Waals surface area contributed by atoms with E-state index < -0.39 is 0 Å². The second-order valence-corrected chi connectivity index (χ2v) is 6.23. The number of fused-ring (bicyclic) bond motifs is 1. The van der Waals surface area contributed by atoms with Crippen LogP contribution >= 0.6 is 0 Å². The van der Waals surface area contributed by atoms with Crippen LogP contribution in [-0.4, -0.2) is 43.1 Å². The van der Waals surface area contributed by atoms with Crippen LogP contribution in [-0.2, 0) is 9.59 Å². The Bertz CT molecular complexity index is 617. The number of nitrogens with zero attached hydrogens (tertiary/aromatic N) is 2. The Hall–Kier alpha value is -2.24. The molecule has 1 aromatic rings. The topological polar surface area (TPSA) is 59.1 Å². The van der Waals surface area contributed by atoms with Crippen molar-refractivity contribution >= 4 is 17.5 Å². The number of amides is 2. The third-order valence-corrected chi connectivity index (χ3v) is 4.35. The summed E-state index contributed by atoms with van der Waals surface area (Å²) < 4.78 is 10.6. The SMILES string of the molecule is CC(=O)N(CC(=O)N1CCCC(C)C1)c1ccc2c(c1)OCO2. The maximum absolute atomic E-state index is 12.5. The number of piperidine rings is 1. The van der Waals surface area contributed by atoms with Crippen LogP contribution in [0.5, 0.6) is 11.5 Å². The first-order chi connectivity index (χ1) is 11.0. The van der Waals surface area contributed by atoms with E-state index in [2.05, 4.69) is 6.92 Å². The molecule has 23 heavy (non-hydrogen) atoms. The number of rotatable bonds is 3. The molecule has 1 saturated heterocycles. The summed E-state index contributed by atoms with van der Waals surface area (Å²) in [6.07, 6.45) is 2.18. The lowest BCUT2D eigenvalue weighted by Gasteiger charge is -2.32. The Kier molecular flexibility index (Phi) is 4.41. The number of carbonyl (C=O) groups excluding carboxylic acids is 2. The van der Waals surface area contributed by atoms with Gasteiger partial charge in [-0.25, -0.2) is 0 Å². The minimum absolute atomic E-state index is 0.00980. The van der Waals surface area contributed by atoms with Crippen molar-refractivity contribution in [2.24, 2.45) is 5.92 Å². The average molecular weight is 318 g/mol. The van der Waals surface area contributed by atoms with Crippen LogP contribution < -0.4 is 14.4 Å². The first kappa shape index (κ1) is 15.6. The lowest BCUT2D eigenvalue weighted by atomic mass is 10.0. The second-order valence-electron chi connectivity index (χ2n) is 6.23. The first-order valence-corrected chi connectivity index (χ1v) is 8.00. The minimum Gasteiger partial charge on any atom is -0.454 e. The van der Waals surface area contributed by atoms with Crippen LogP contribution in [0.1, 0.15) is 26.7 Å². The van der Waals surface area contributed by atoms with Gasteiger partial charge < -0.3 is 19.3 Å². The van der Waals surface area contributed by atoms with Crippen LogP contribution in [0.25, 0.3) is 0 Å². The van der Waals surface area contributed by atoms with Gasteiger partial charge >= 0.3 is 0 Å². The van der Waals surface area contributed by atoms with Crippen molar-refractivity contribution in [3.8, 4) is 11.5 Å². The van der Waals surface area contributed by atoms with Gasteiger partial charge in [-0.1, -0.05) is 6.92 Å². The Morgan fingerprint density at radius 3 is 2.83 bits per heavy atom. The molecule has 2 amide bonds. The highest BCUT2D eigenvalue weighted by Gasteiger charge is 2.25. The summed E-state index contributed by atoms with van der Waals surface area (Å²) in [5, 5.41) is 0. The van der Waals surface area contributed by atoms with E-state index in [1.807, 2.05) is 4.90 Å². The normalized spacial score (nSPS) is 19.6. The Morgan fingerprint density at radius 2 is 2.09 bits per heavy atom. The molecular weight excluding hydrogens is 296 g/mol.